The van der Waals surface area contributed by atoms with E-state index in [0.29, 0.717) is 6.04 Å². The molecule has 0 radical (unpaired) electrons. The van der Waals surface area contributed by atoms with Crippen molar-refractivity contribution in [1.82, 2.24) is 4.90 Å². The Morgan fingerprint density at radius 2 is 1.50 bits per heavy atom. The van der Waals surface area contributed by atoms with Crippen LogP contribution in [0, 0.1) is 11.8 Å². The van der Waals surface area contributed by atoms with E-state index < -0.39 is 0 Å². The molecule has 1 heterocycles. The smallest absolute Gasteiger partial charge is 0.00964 e. The van der Waals surface area contributed by atoms with Gasteiger partial charge in [-0.3, -0.25) is 0 Å². The first-order valence-electron chi connectivity index (χ1n) is 7.16. The van der Waals surface area contributed by atoms with Gasteiger partial charge in [-0.2, -0.15) is 0 Å². The third kappa shape index (κ3) is 2.98. The summed E-state index contributed by atoms with van der Waals surface area (Å²) in [5.41, 5.74) is 5.97. The maximum Gasteiger partial charge on any atom is 0.00964 e. The van der Waals surface area contributed by atoms with Gasteiger partial charge in [-0.25, -0.2) is 0 Å². The quantitative estimate of drug-likeness (QED) is 0.781. The summed E-state index contributed by atoms with van der Waals surface area (Å²) in [5.74, 6) is 1.85. The summed E-state index contributed by atoms with van der Waals surface area (Å²) in [6, 6.07) is 1.34. The van der Waals surface area contributed by atoms with Crippen LogP contribution in [-0.4, -0.2) is 30.1 Å². The number of hydrogen-bond donors (Lipinski definition) is 1. The summed E-state index contributed by atoms with van der Waals surface area (Å²) in [5, 5.41) is 0. The molecule has 2 rings (SSSR count). The molecule has 0 aromatic heterocycles. The first kappa shape index (κ1) is 12.4. The fourth-order valence-corrected chi connectivity index (χ4v) is 3.42. The highest BCUT2D eigenvalue weighted by molar-refractivity contribution is 4.84. The molecule has 0 amide bonds. The predicted molar refractivity (Wildman–Crippen MR) is 69.4 cm³/mol. The Morgan fingerprint density at radius 3 is 2.00 bits per heavy atom. The summed E-state index contributed by atoms with van der Waals surface area (Å²) in [4.78, 5) is 2.74. The van der Waals surface area contributed by atoms with Gasteiger partial charge in [0.25, 0.3) is 0 Å². The van der Waals surface area contributed by atoms with Crippen molar-refractivity contribution < 1.29 is 0 Å². The van der Waals surface area contributed by atoms with Crippen molar-refractivity contribution in [1.29, 1.82) is 0 Å². The van der Waals surface area contributed by atoms with Crippen LogP contribution in [0.1, 0.15) is 52.4 Å². The van der Waals surface area contributed by atoms with Crippen molar-refractivity contribution in [2.45, 2.75) is 64.5 Å². The first-order chi connectivity index (χ1) is 7.66. The molecule has 94 valence electrons. The number of likely N-dealkylation sites (tertiary alicyclic amines) is 1. The van der Waals surface area contributed by atoms with Crippen LogP contribution >= 0.6 is 0 Å². The van der Waals surface area contributed by atoms with Gasteiger partial charge in [0, 0.05) is 12.1 Å². The van der Waals surface area contributed by atoms with Gasteiger partial charge in [0.2, 0.25) is 0 Å². The molecule has 16 heavy (non-hydrogen) atoms. The van der Waals surface area contributed by atoms with Gasteiger partial charge < -0.3 is 10.6 Å². The average Bonchev–Trinajstić information content (AvgIpc) is 2.30. The molecule has 1 aliphatic heterocycles. The number of rotatable bonds is 2. The minimum Gasteiger partial charge on any atom is -0.328 e. The van der Waals surface area contributed by atoms with E-state index in [1.807, 2.05) is 0 Å². The van der Waals surface area contributed by atoms with Gasteiger partial charge in [0.05, 0.1) is 0 Å². The standard InChI is InChI=1S/C14H28N2/c1-11(2)12-7-9-16(10-8-12)14-5-3-13(15)4-6-14/h11-14H,3-10,15H2,1-2H3. The first-order valence-corrected chi connectivity index (χ1v) is 7.16. The molecule has 1 saturated heterocycles. The average molecular weight is 224 g/mol. The SMILES string of the molecule is CC(C)C1CCN(C2CCC(N)CC2)CC1. The van der Waals surface area contributed by atoms with Crippen LogP contribution in [0.5, 0.6) is 0 Å². The molecule has 2 heteroatoms. The highest BCUT2D eigenvalue weighted by Gasteiger charge is 2.28. The van der Waals surface area contributed by atoms with E-state index in [1.165, 1.54) is 51.6 Å². The predicted octanol–water partition coefficient (Wildman–Crippen LogP) is 2.62. The van der Waals surface area contributed by atoms with Crippen molar-refractivity contribution >= 4 is 0 Å². The van der Waals surface area contributed by atoms with Crippen LogP contribution in [0.2, 0.25) is 0 Å². The monoisotopic (exact) mass is 224 g/mol. The zero-order valence-corrected chi connectivity index (χ0v) is 11.0. The molecule has 2 fully saturated rings. The molecule has 1 aliphatic carbocycles. The van der Waals surface area contributed by atoms with Gasteiger partial charge in [-0.1, -0.05) is 13.8 Å². The second-order valence-corrected chi connectivity index (χ2v) is 6.19. The van der Waals surface area contributed by atoms with E-state index in [1.54, 1.807) is 0 Å². The Morgan fingerprint density at radius 1 is 0.938 bits per heavy atom. The largest absolute Gasteiger partial charge is 0.328 e. The maximum absolute atomic E-state index is 5.97. The number of piperidine rings is 1. The molecular weight excluding hydrogens is 196 g/mol. The topological polar surface area (TPSA) is 29.3 Å². The molecule has 0 unspecified atom stereocenters. The zero-order chi connectivity index (χ0) is 11.5. The molecule has 0 atom stereocenters. The highest BCUT2D eigenvalue weighted by atomic mass is 15.2. The van der Waals surface area contributed by atoms with Crippen LogP contribution in [0.25, 0.3) is 0 Å². The van der Waals surface area contributed by atoms with E-state index in [0.717, 1.165) is 17.9 Å². The van der Waals surface area contributed by atoms with E-state index >= 15 is 0 Å². The summed E-state index contributed by atoms with van der Waals surface area (Å²) in [6.07, 6.45) is 8.00. The van der Waals surface area contributed by atoms with Gasteiger partial charge >= 0.3 is 0 Å². The van der Waals surface area contributed by atoms with Crippen molar-refractivity contribution in [3.63, 3.8) is 0 Å². The Balaban J connectivity index is 1.76. The van der Waals surface area contributed by atoms with Gasteiger partial charge in [-0.15, -0.1) is 0 Å². The van der Waals surface area contributed by atoms with Crippen LogP contribution in [0.4, 0.5) is 0 Å². The molecule has 2 aliphatic rings. The van der Waals surface area contributed by atoms with Gasteiger partial charge in [0.1, 0.15) is 0 Å². The minimum atomic E-state index is 0.490. The maximum atomic E-state index is 5.97. The molecule has 0 aromatic rings. The lowest BCUT2D eigenvalue weighted by molar-refractivity contribution is 0.0903. The molecule has 0 aromatic carbocycles. The van der Waals surface area contributed by atoms with Crippen LogP contribution in [0.15, 0.2) is 0 Å². The van der Waals surface area contributed by atoms with Crippen molar-refractivity contribution in [2.24, 2.45) is 17.6 Å². The minimum absolute atomic E-state index is 0.490. The lowest BCUT2D eigenvalue weighted by Gasteiger charge is -2.41. The summed E-state index contributed by atoms with van der Waals surface area (Å²) in [6.45, 7) is 7.42. The second kappa shape index (κ2) is 5.50. The number of hydrogen-bond acceptors (Lipinski definition) is 2. The Labute approximate surface area is 101 Å². The molecule has 0 bridgehead atoms. The van der Waals surface area contributed by atoms with Crippen LogP contribution in [-0.2, 0) is 0 Å². The van der Waals surface area contributed by atoms with E-state index in [9.17, 15) is 0 Å². The fraction of sp³-hybridized carbons (Fsp3) is 1.00. The summed E-state index contributed by atoms with van der Waals surface area (Å²) in [7, 11) is 0. The molecule has 0 spiro atoms. The Hall–Kier alpha value is -0.0800. The third-order valence-corrected chi connectivity index (χ3v) is 4.77. The molecule has 2 N–H and O–H groups in total. The van der Waals surface area contributed by atoms with Crippen molar-refractivity contribution in [3.05, 3.63) is 0 Å². The molecule has 1 saturated carbocycles. The van der Waals surface area contributed by atoms with E-state index in [-0.39, 0.29) is 0 Å². The number of nitrogens with zero attached hydrogens (tertiary/aromatic N) is 1. The lowest BCUT2D eigenvalue weighted by Crippen LogP contribution is -2.45. The lowest BCUT2D eigenvalue weighted by atomic mass is 9.84. The van der Waals surface area contributed by atoms with E-state index in [2.05, 4.69) is 18.7 Å². The summed E-state index contributed by atoms with van der Waals surface area (Å²) < 4.78 is 0. The zero-order valence-electron chi connectivity index (χ0n) is 11.0. The Kier molecular flexibility index (Phi) is 4.26. The molecule has 2 nitrogen and oxygen atoms in total. The van der Waals surface area contributed by atoms with Crippen molar-refractivity contribution in [3.8, 4) is 0 Å². The van der Waals surface area contributed by atoms with Crippen LogP contribution in [0.3, 0.4) is 0 Å². The number of nitrogens with two attached hydrogens (primary N) is 1. The van der Waals surface area contributed by atoms with Gasteiger partial charge in [0.15, 0.2) is 0 Å². The highest BCUT2D eigenvalue weighted by Crippen LogP contribution is 2.29. The fourth-order valence-electron chi connectivity index (χ4n) is 3.42. The summed E-state index contributed by atoms with van der Waals surface area (Å²) >= 11 is 0. The Bertz CT molecular complexity index is 199. The second-order valence-electron chi connectivity index (χ2n) is 6.19. The third-order valence-electron chi connectivity index (χ3n) is 4.77. The molecular formula is C14H28N2. The van der Waals surface area contributed by atoms with Crippen molar-refractivity contribution in [2.75, 3.05) is 13.1 Å². The normalized spacial score (nSPS) is 34.5. The van der Waals surface area contributed by atoms with E-state index in [4.69, 9.17) is 5.73 Å². The van der Waals surface area contributed by atoms with Crippen LogP contribution < -0.4 is 5.73 Å². The van der Waals surface area contributed by atoms with Gasteiger partial charge in [-0.05, 0) is 63.5 Å².